The van der Waals surface area contributed by atoms with Crippen molar-refractivity contribution in [3.05, 3.63) is 41.8 Å². The smallest absolute Gasteiger partial charge is 0.323 e. The van der Waals surface area contributed by atoms with Gasteiger partial charge in [0.15, 0.2) is 0 Å². The van der Waals surface area contributed by atoms with E-state index < -0.39 is 23.5 Å². The van der Waals surface area contributed by atoms with Crippen molar-refractivity contribution < 1.29 is 18.8 Å². The maximum absolute atomic E-state index is 13.4. The van der Waals surface area contributed by atoms with E-state index in [0.29, 0.717) is 24.3 Å². The van der Waals surface area contributed by atoms with Gasteiger partial charge >= 0.3 is 6.03 Å². The SMILES string of the molecule is CC(C(=O)Nc1cc(C(C)(C)C)nn1-c1ccc(F)cc1)N1C(=O)NC2(CCCC2)C1=O. The van der Waals surface area contributed by atoms with Crippen LogP contribution in [0.15, 0.2) is 30.3 Å². The fourth-order valence-corrected chi connectivity index (χ4v) is 4.27. The molecule has 2 N–H and O–H groups in total. The summed E-state index contributed by atoms with van der Waals surface area (Å²) in [7, 11) is 0. The maximum Gasteiger partial charge on any atom is 0.325 e. The highest BCUT2D eigenvalue weighted by molar-refractivity contribution is 6.11. The molecule has 4 rings (SSSR count). The van der Waals surface area contributed by atoms with E-state index in [2.05, 4.69) is 15.7 Å². The molecule has 1 spiro atoms. The minimum Gasteiger partial charge on any atom is -0.323 e. The van der Waals surface area contributed by atoms with Gasteiger partial charge in [-0.25, -0.2) is 18.8 Å². The van der Waals surface area contributed by atoms with Crippen LogP contribution in [0.1, 0.15) is 59.1 Å². The fraction of sp³-hybridized carbons (Fsp3) is 0.478. The van der Waals surface area contributed by atoms with Gasteiger partial charge in [0.2, 0.25) is 5.91 Å². The lowest BCUT2D eigenvalue weighted by Gasteiger charge is -2.23. The van der Waals surface area contributed by atoms with Crippen molar-refractivity contribution in [2.75, 3.05) is 5.32 Å². The molecule has 2 heterocycles. The first-order chi connectivity index (χ1) is 15.0. The van der Waals surface area contributed by atoms with Crippen LogP contribution in [-0.4, -0.2) is 44.1 Å². The highest BCUT2D eigenvalue weighted by Gasteiger charge is 2.54. The van der Waals surface area contributed by atoms with Crippen molar-refractivity contribution in [3.8, 4) is 5.69 Å². The third kappa shape index (κ3) is 3.76. The van der Waals surface area contributed by atoms with Crippen LogP contribution in [0.2, 0.25) is 0 Å². The second-order valence-corrected chi connectivity index (χ2v) is 9.61. The molecule has 9 heteroatoms. The number of benzene rings is 1. The summed E-state index contributed by atoms with van der Waals surface area (Å²) in [5.41, 5.74) is 0.131. The Morgan fingerprint density at radius 2 is 1.81 bits per heavy atom. The third-order valence-corrected chi connectivity index (χ3v) is 6.22. The average Bonchev–Trinajstić information content (AvgIpc) is 3.41. The lowest BCUT2D eigenvalue weighted by atomic mass is 9.92. The molecular formula is C23H28FN5O3. The van der Waals surface area contributed by atoms with Crippen LogP contribution in [0.25, 0.3) is 5.69 Å². The number of hydrogen-bond acceptors (Lipinski definition) is 4. The first-order valence-electron chi connectivity index (χ1n) is 10.8. The molecular weight excluding hydrogens is 413 g/mol. The predicted molar refractivity (Wildman–Crippen MR) is 117 cm³/mol. The standard InChI is InChI=1S/C23H28FN5O3/c1-14(28-20(31)23(26-21(28)32)11-5-6-12-23)19(30)25-18-13-17(22(2,3)4)27-29(18)16-9-7-15(24)8-10-16/h7-10,13-14H,5-6,11-12H2,1-4H3,(H,25,30)(H,26,32). The van der Waals surface area contributed by atoms with Crippen molar-refractivity contribution >= 4 is 23.7 Å². The van der Waals surface area contributed by atoms with E-state index in [-0.39, 0.29) is 17.1 Å². The molecule has 1 saturated carbocycles. The van der Waals surface area contributed by atoms with Crippen molar-refractivity contribution in [2.24, 2.45) is 0 Å². The van der Waals surface area contributed by atoms with Crippen molar-refractivity contribution in [1.29, 1.82) is 0 Å². The van der Waals surface area contributed by atoms with Crippen LogP contribution in [0.5, 0.6) is 0 Å². The van der Waals surface area contributed by atoms with E-state index in [1.807, 2.05) is 20.8 Å². The number of hydrogen-bond donors (Lipinski definition) is 2. The Morgan fingerprint density at radius 3 is 2.41 bits per heavy atom. The van der Waals surface area contributed by atoms with E-state index in [4.69, 9.17) is 0 Å². The summed E-state index contributed by atoms with van der Waals surface area (Å²) in [5.74, 6) is -0.853. The molecule has 4 amide bonds. The minimum absolute atomic E-state index is 0.296. The molecule has 2 aliphatic rings. The van der Waals surface area contributed by atoms with Crippen LogP contribution in [0.3, 0.4) is 0 Å². The van der Waals surface area contributed by atoms with Gasteiger partial charge in [-0.15, -0.1) is 0 Å². The monoisotopic (exact) mass is 441 g/mol. The minimum atomic E-state index is -1.00. The summed E-state index contributed by atoms with van der Waals surface area (Å²) in [5, 5.41) is 10.2. The molecule has 32 heavy (non-hydrogen) atoms. The molecule has 0 bridgehead atoms. The number of halogens is 1. The summed E-state index contributed by atoms with van der Waals surface area (Å²) in [6, 6.07) is 5.97. The van der Waals surface area contributed by atoms with Crippen LogP contribution >= 0.6 is 0 Å². The van der Waals surface area contributed by atoms with Gasteiger partial charge < -0.3 is 10.6 Å². The molecule has 1 aromatic heterocycles. The fourth-order valence-electron chi connectivity index (χ4n) is 4.27. The van der Waals surface area contributed by atoms with Gasteiger partial charge in [0.25, 0.3) is 5.91 Å². The summed E-state index contributed by atoms with van der Waals surface area (Å²) in [4.78, 5) is 39.7. The van der Waals surface area contributed by atoms with Crippen LogP contribution in [0, 0.1) is 5.82 Å². The normalized spacial score (nSPS) is 18.8. The van der Waals surface area contributed by atoms with Gasteiger partial charge in [0.1, 0.15) is 23.2 Å². The Bertz CT molecular complexity index is 1060. The third-order valence-electron chi connectivity index (χ3n) is 6.22. The molecule has 170 valence electrons. The van der Waals surface area contributed by atoms with E-state index >= 15 is 0 Å². The summed E-state index contributed by atoms with van der Waals surface area (Å²) < 4.78 is 14.9. The summed E-state index contributed by atoms with van der Waals surface area (Å²) >= 11 is 0. The number of amides is 4. The Morgan fingerprint density at radius 1 is 1.19 bits per heavy atom. The van der Waals surface area contributed by atoms with Crippen molar-refractivity contribution in [1.82, 2.24) is 20.0 Å². The zero-order chi connectivity index (χ0) is 23.3. The highest BCUT2D eigenvalue weighted by atomic mass is 19.1. The molecule has 1 saturated heterocycles. The van der Waals surface area contributed by atoms with Crippen LogP contribution in [-0.2, 0) is 15.0 Å². The molecule has 2 fully saturated rings. The molecule has 8 nitrogen and oxygen atoms in total. The van der Waals surface area contributed by atoms with Gasteiger partial charge in [-0.2, -0.15) is 5.10 Å². The predicted octanol–water partition coefficient (Wildman–Crippen LogP) is 3.50. The average molecular weight is 442 g/mol. The summed E-state index contributed by atoms with van der Waals surface area (Å²) in [6.07, 6.45) is 2.92. The molecule has 1 unspecified atom stereocenters. The lowest BCUT2D eigenvalue weighted by Crippen LogP contribution is -2.48. The highest BCUT2D eigenvalue weighted by Crippen LogP contribution is 2.36. The Labute approximate surface area is 186 Å². The number of nitrogens with zero attached hydrogens (tertiary/aromatic N) is 3. The number of carbonyl (C=O) groups excluding carboxylic acids is 3. The Kier molecular flexibility index (Phi) is 5.30. The number of carbonyl (C=O) groups is 3. The Balaban J connectivity index is 1.61. The number of rotatable bonds is 4. The van der Waals surface area contributed by atoms with Gasteiger partial charge in [0, 0.05) is 11.5 Å². The Hall–Kier alpha value is -3.23. The topological polar surface area (TPSA) is 96.3 Å². The van der Waals surface area contributed by atoms with E-state index in [1.54, 1.807) is 18.2 Å². The number of anilines is 1. The van der Waals surface area contributed by atoms with Gasteiger partial charge in [-0.1, -0.05) is 33.6 Å². The number of imide groups is 1. The molecule has 2 aromatic rings. The van der Waals surface area contributed by atoms with E-state index in [1.165, 1.54) is 23.7 Å². The first kappa shape index (κ1) is 22.0. The van der Waals surface area contributed by atoms with E-state index in [0.717, 1.165) is 23.4 Å². The van der Waals surface area contributed by atoms with Crippen molar-refractivity contribution in [3.63, 3.8) is 0 Å². The van der Waals surface area contributed by atoms with Crippen molar-refractivity contribution in [2.45, 2.75) is 70.4 Å². The number of nitrogens with one attached hydrogen (secondary N) is 2. The molecule has 0 radical (unpaired) electrons. The quantitative estimate of drug-likeness (QED) is 0.710. The zero-order valence-electron chi connectivity index (χ0n) is 18.7. The maximum atomic E-state index is 13.4. The summed E-state index contributed by atoms with van der Waals surface area (Å²) in [6.45, 7) is 7.51. The van der Waals surface area contributed by atoms with Crippen LogP contribution < -0.4 is 10.6 Å². The molecule has 1 aromatic carbocycles. The largest absolute Gasteiger partial charge is 0.325 e. The number of aromatic nitrogens is 2. The van der Waals surface area contributed by atoms with Gasteiger partial charge in [0.05, 0.1) is 11.4 Å². The number of urea groups is 1. The first-order valence-corrected chi connectivity index (χ1v) is 10.8. The second-order valence-electron chi connectivity index (χ2n) is 9.61. The zero-order valence-corrected chi connectivity index (χ0v) is 18.7. The van der Waals surface area contributed by atoms with Gasteiger partial charge in [-0.3, -0.25) is 9.59 Å². The van der Waals surface area contributed by atoms with E-state index in [9.17, 15) is 18.8 Å². The second kappa shape index (κ2) is 7.72. The molecule has 1 atom stereocenters. The van der Waals surface area contributed by atoms with Gasteiger partial charge in [-0.05, 0) is 44.0 Å². The van der Waals surface area contributed by atoms with Crippen LogP contribution in [0.4, 0.5) is 15.0 Å². The lowest BCUT2D eigenvalue weighted by molar-refractivity contribution is -0.136. The molecule has 1 aliphatic carbocycles. The molecule has 1 aliphatic heterocycles.